The molecule has 2 N–H and O–H groups in total. The first-order valence-electron chi connectivity index (χ1n) is 6.13. The Morgan fingerprint density at radius 3 is 2.78 bits per heavy atom. The van der Waals surface area contributed by atoms with Gasteiger partial charge in [0, 0.05) is 12.2 Å². The molecule has 1 aromatic rings. The molecule has 18 heavy (non-hydrogen) atoms. The Morgan fingerprint density at radius 1 is 1.56 bits per heavy atom. The zero-order valence-corrected chi connectivity index (χ0v) is 11.0. The molecule has 1 rings (SSSR count). The summed E-state index contributed by atoms with van der Waals surface area (Å²) in [5, 5.41) is 0. The molecular formula is C14H21N3O. The molecule has 0 aliphatic rings. The lowest BCUT2D eigenvalue weighted by molar-refractivity contribution is -0.135. The maximum Gasteiger partial charge on any atom is 0.240 e. The van der Waals surface area contributed by atoms with E-state index in [-0.39, 0.29) is 11.9 Å². The van der Waals surface area contributed by atoms with Crippen LogP contribution < -0.4 is 5.73 Å². The second-order valence-electron chi connectivity index (χ2n) is 4.51. The predicted molar refractivity (Wildman–Crippen MR) is 72.7 cm³/mol. The quantitative estimate of drug-likeness (QED) is 0.779. The van der Waals surface area contributed by atoms with E-state index in [0.29, 0.717) is 13.0 Å². The molecule has 0 aliphatic carbocycles. The van der Waals surface area contributed by atoms with E-state index in [1.807, 2.05) is 32.0 Å². The third-order valence-corrected chi connectivity index (χ3v) is 2.70. The fourth-order valence-corrected chi connectivity index (χ4v) is 1.67. The number of pyridine rings is 1. The van der Waals surface area contributed by atoms with Gasteiger partial charge in [0.15, 0.2) is 0 Å². The first-order valence-corrected chi connectivity index (χ1v) is 6.13. The molecule has 1 unspecified atom stereocenters. The maximum atomic E-state index is 12.2. The lowest BCUT2D eigenvalue weighted by atomic mass is 10.1. The minimum Gasteiger partial charge on any atom is -0.333 e. The van der Waals surface area contributed by atoms with Crippen LogP contribution in [0.5, 0.6) is 0 Å². The first-order chi connectivity index (χ1) is 8.56. The molecule has 1 aromatic heterocycles. The molecule has 0 fully saturated rings. The summed E-state index contributed by atoms with van der Waals surface area (Å²) in [4.78, 5) is 18.2. The van der Waals surface area contributed by atoms with Crippen LogP contribution in [-0.2, 0) is 11.3 Å². The molecule has 0 radical (unpaired) electrons. The second-order valence-corrected chi connectivity index (χ2v) is 4.51. The van der Waals surface area contributed by atoms with Crippen molar-refractivity contribution in [2.75, 3.05) is 0 Å². The molecule has 4 nitrogen and oxygen atoms in total. The van der Waals surface area contributed by atoms with Crippen molar-refractivity contribution in [3.63, 3.8) is 0 Å². The van der Waals surface area contributed by atoms with Crippen molar-refractivity contribution in [2.24, 2.45) is 5.73 Å². The average molecular weight is 247 g/mol. The Labute approximate surface area is 109 Å². The number of hydrogen-bond donors (Lipinski definition) is 1. The van der Waals surface area contributed by atoms with Gasteiger partial charge in [0.2, 0.25) is 5.91 Å². The Morgan fingerprint density at radius 2 is 2.28 bits per heavy atom. The summed E-state index contributed by atoms with van der Waals surface area (Å²) >= 11 is 0. The van der Waals surface area contributed by atoms with E-state index in [0.717, 1.165) is 5.69 Å². The summed E-state index contributed by atoms with van der Waals surface area (Å²) in [6.07, 6.45) is 3.88. The molecule has 4 heteroatoms. The number of amides is 1. The van der Waals surface area contributed by atoms with E-state index in [1.165, 1.54) is 0 Å². The molecule has 0 aromatic carbocycles. The summed E-state index contributed by atoms with van der Waals surface area (Å²) in [7, 11) is 0. The van der Waals surface area contributed by atoms with Crippen LogP contribution in [0.4, 0.5) is 0 Å². The highest BCUT2D eigenvalue weighted by Gasteiger charge is 2.22. The zero-order chi connectivity index (χ0) is 13.5. The van der Waals surface area contributed by atoms with E-state index < -0.39 is 6.04 Å². The molecule has 0 spiro atoms. The van der Waals surface area contributed by atoms with Crippen LogP contribution in [0.2, 0.25) is 0 Å². The van der Waals surface area contributed by atoms with Crippen molar-refractivity contribution in [2.45, 2.75) is 38.9 Å². The predicted octanol–water partition coefficient (Wildman–Crippen LogP) is 1.72. The van der Waals surface area contributed by atoms with E-state index in [9.17, 15) is 4.79 Å². The van der Waals surface area contributed by atoms with E-state index in [2.05, 4.69) is 11.6 Å². The molecule has 1 heterocycles. The third kappa shape index (κ3) is 3.96. The van der Waals surface area contributed by atoms with Crippen molar-refractivity contribution in [1.29, 1.82) is 0 Å². The Hall–Kier alpha value is -1.68. The molecule has 98 valence electrons. The third-order valence-electron chi connectivity index (χ3n) is 2.70. The summed E-state index contributed by atoms with van der Waals surface area (Å²) < 4.78 is 0. The van der Waals surface area contributed by atoms with Gasteiger partial charge in [0.1, 0.15) is 0 Å². The Balaban J connectivity index is 2.77. The average Bonchev–Trinajstić information content (AvgIpc) is 2.36. The van der Waals surface area contributed by atoms with Gasteiger partial charge in [-0.2, -0.15) is 0 Å². The highest BCUT2D eigenvalue weighted by atomic mass is 16.2. The number of nitrogens with two attached hydrogens (primary N) is 1. The van der Waals surface area contributed by atoms with Gasteiger partial charge in [-0.1, -0.05) is 12.1 Å². The van der Waals surface area contributed by atoms with Crippen LogP contribution >= 0.6 is 0 Å². The number of carbonyl (C=O) groups is 1. The van der Waals surface area contributed by atoms with Crippen LogP contribution in [0, 0.1) is 0 Å². The fourth-order valence-electron chi connectivity index (χ4n) is 1.67. The summed E-state index contributed by atoms with van der Waals surface area (Å²) in [5.74, 6) is -0.0597. The molecule has 0 bridgehead atoms. The first kappa shape index (κ1) is 14.4. The van der Waals surface area contributed by atoms with Crippen molar-refractivity contribution in [3.8, 4) is 0 Å². The van der Waals surface area contributed by atoms with Gasteiger partial charge in [-0.15, -0.1) is 6.58 Å². The second kappa shape index (κ2) is 6.91. The highest BCUT2D eigenvalue weighted by molar-refractivity contribution is 5.82. The molecule has 0 aliphatic heterocycles. The zero-order valence-electron chi connectivity index (χ0n) is 11.0. The minimum atomic E-state index is -0.520. The normalized spacial score (nSPS) is 12.2. The van der Waals surface area contributed by atoms with E-state index in [4.69, 9.17) is 5.73 Å². The van der Waals surface area contributed by atoms with Gasteiger partial charge in [0.05, 0.1) is 18.3 Å². The number of carbonyl (C=O) groups excluding carboxylic acids is 1. The van der Waals surface area contributed by atoms with Crippen LogP contribution in [-0.4, -0.2) is 27.9 Å². The molecule has 0 saturated heterocycles. The number of aromatic nitrogens is 1. The number of rotatable bonds is 6. The molecular weight excluding hydrogens is 226 g/mol. The van der Waals surface area contributed by atoms with Gasteiger partial charge in [-0.25, -0.2) is 0 Å². The monoisotopic (exact) mass is 247 g/mol. The smallest absolute Gasteiger partial charge is 0.240 e. The molecule has 0 saturated carbocycles. The SMILES string of the molecule is C=CCC(N)C(=O)N(Cc1ccccn1)C(C)C. The van der Waals surface area contributed by atoms with E-state index >= 15 is 0 Å². The summed E-state index contributed by atoms with van der Waals surface area (Å²) in [5.41, 5.74) is 6.70. The molecule has 1 amide bonds. The number of hydrogen-bond acceptors (Lipinski definition) is 3. The Kier molecular flexibility index (Phi) is 5.52. The van der Waals surface area contributed by atoms with Crippen molar-refractivity contribution < 1.29 is 4.79 Å². The van der Waals surface area contributed by atoms with Crippen LogP contribution in [0.15, 0.2) is 37.1 Å². The van der Waals surface area contributed by atoms with Crippen LogP contribution in [0.1, 0.15) is 26.0 Å². The van der Waals surface area contributed by atoms with Crippen molar-refractivity contribution >= 4 is 5.91 Å². The fraction of sp³-hybridized carbons (Fsp3) is 0.429. The van der Waals surface area contributed by atoms with Crippen molar-refractivity contribution in [1.82, 2.24) is 9.88 Å². The molecule has 1 atom stereocenters. The van der Waals surface area contributed by atoms with Gasteiger partial charge in [-0.05, 0) is 32.4 Å². The highest BCUT2D eigenvalue weighted by Crippen LogP contribution is 2.09. The maximum absolute atomic E-state index is 12.2. The van der Waals surface area contributed by atoms with Gasteiger partial charge < -0.3 is 10.6 Å². The Bertz CT molecular complexity index is 389. The summed E-state index contributed by atoms with van der Waals surface area (Å²) in [6.45, 7) is 8.04. The standard InChI is InChI=1S/C14H21N3O/c1-4-7-13(15)14(18)17(11(2)3)10-12-8-5-6-9-16-12/h4-6,8-9,11,13H,1,7,10,15H2,2-3H3. The number of nitrogens with zero attached hydrogens (tertiary/aromatic N) is 2. The van der Waals surface area contributed by atoms with Crippen molar-refractivity contribution in [3.05, 3.63) is 42.7 Å². The van der Waals surface area contributed by atoms with Gasteiger partial charge in [-0.3, -0.25) is 9.78 Å². The van der Waals surface area contributed by atoms with Crippen LogP contribution in [0.25, 0.3) is 0 Å². The minimum absolute atomic E-state index is 0.0597. The van der Waals surface area contributed by atoms with Crippen LogP contribution in [0.3, 0.4) is 0 Å². The van der Waals surface area contributed by atoms with E-state index in [1.54, 1.807) is 17.2 Å². The summed E-state index contributed by atoms with van der Waals surface area (Å²) in [6, 6.07) is 5.24. The van der Waals surface area contributed by atoms with Gasteiger partial charge >= 0.3 is 0 Å². The lowest BCUT2D eigenvalue weighted by Crippen LogP contribution is -2.46. The topological polar surface area (TPSA) is 59.2 Å². The van der Waals surface area contributed by atoms with Gasteiger partial charge in [0.25, 0.3) is 0 Å². The lowest BCUT2D eigenvalue weighted by Gasteiger charge is -2.28. The largest absolute Gasteiger partial charge is 0.333 e.